The van der Waals surface area contributed by atoms with Crippen molar-refractivity contribution in [3.63, 3.8) is 0 Å². The van der Waals surface area contributed by atoms with Crippen LogP contribution in [0.25, 0.3) is 11.1 Å². The fourth-order valence-corrected chi connectivity index (χ4v) is 3.03. The van der Waals surface area contributed by atoms with E-state index in [4.69, 9.17) is 9.47 Å². The van der Waals surface area contributed by atoms with Crippen LogP contribution in [0.15, 0.2) is 48.5 Å². The first-order valence-electron chi connectivity index (χ1n) is 10.8. The van der Waals surface area contributed by atoms with Crippen LogP contribution in [0, 0.1) is 0 Å². The average molecular weight is 401 g/mol. The smallest absolute Gasteiger partial charge is 0.314 e. The van der Waals surface area contributed by atoms with Gasteiger partial charge in [-0.15, -0.1) is 0 Å². The molecule has 0 spiro atoms. The van der Waals surface area contributed by atoms with E-state index in [0.29, 0.717) is 12.2 Å². The van der Waals surface area contributed by atoms with Crippen LogP contribution in [0.2, 0.25) is 0 Å². The molecule has 2 aromatic carbocycles. The standard InChI is InChI=1S/C25H33FO3/c1-3-5-6-7-8-9-18-28-23-14-10-20(11-15-23)21-12-16-24(17-13-21)29-25(27)19-22(26)4-2/h10-17,22H,3-9,18-19H2,1-2H3. The first-order chi connectivity index (χ1) is 14.1. The van der Waals surface area contributed by atoms with Gasteiger partial charge in [-0.05, 0) is 48.2 Å². The Morgan fingerprint density at radius 3 is 1.97 bits per heavy atom. The molecule has 0 radical (unpaired) electrons. The predicted octanol–water partition coefficient (Wildman–Crippen LogP) is 7.14. The molecule has 158 valence electrons. The van der Waals surface area contributed by atoms with E-state index in [1.165, 1.54) is 32.1 Å². The Balaban J connectivity index is 1.78. The molecule has 0 aliphatic carbocycles. The molecular formula is C25H33FO3. The fraction of sp³-hybridized carbons (Fsp3) is 0.480. The van der Waals surface area contributed by atoms with Crippen molar-refractivity contribution >= 4 is 5.97 Å². The number of benzene rings is 2. The molecule has 0 aliphatic rings. The summed E-state index contributed by atoms with van der Waals surface area (Å²) >= 11 is 0. The lowest BCUT2D eigenvalue weighted by Crippen LogP contribution is -2.14. The second-order valence-corrected chi connectivity index (χ2v) is 7.35. The van der Waals surface area contributed by atoms with Crippen molar-refractivity contribution in [3.8, 4) is 22.6 Å². The normalized spacial score (nSPS) is 11.8. The summed E-state index contributed by atoms with van der Waals surface area (Å²) in [7, 11) is 0. The molecule has 0 heterocycles. The maximum atomic E-state index is 13.3. The SMILES string of the molecule is CCCCCCCCOc1ccc(-c2ccc(OC(=O)CC(F)CC)cc2)cc1. The van der Waals surface area contributed by atoms with Crippen LogP contribution in [-0.2, 0) is 4.79 Å². The number of hydrogen-bond donors (Lipinski definition) is 0. The molecule has 3 nitrogen and oxygen atoms in total. The van der Waals surface area contributed by atoms with Crippen molar-refractivity contribution in [1.29, 1.82) is 0 Å². The lowest BCUT2D eigenvalue weighted by atomic mass is 10.1. The van der Waals surface area contributed by atoms with E-state index in [-0.39, 0.29) is 6.42 Å². The van der Waals surface area contributed by atoms with Gasteiger partial charge in [0.2, 0.25) is 0 Å². The highest BCUT2D eigenvalue weighted by Gasteiger charge is 2.12. The van der Waals surface area contributed by atoms with Crippen molar-refractivity contribution in [1.82, 2.24) is 0 Å². The number of halogens is 1. The molecule has 2 aromatic rings. The molecule has 0 amide bonds. The van der Waals surface area contributed by atoms with Gasteiger partial charge in [-0.25, -0.2) is 4.39 Å². The van der Waals surface area contributed by atoms with Gasteiger partial charge in [0.25, 0.3) is 0 Å². The van der Waals surface area contributed by atoms with Gasteiger partial charge in [0, 0.05) is 0 Å². The summed E-state index contributed by atoms with van der Waals surface area (Å²) < 4.78 is 24.3. The summed E-state index contributed by atoms with van der Waals surface area (Å²) in [5, 5.41) is 0. The zero-order chi connectivity index (χ0) is 20.9. The van der Waals surface area contributed by atoms with Crippen molar-refractivity contribution in [2.24, 2.45) is 0 Å². The minimum atomic E-state index is -1.15. The van der Waals surface area contributed by atoms with Gasteiger partial charge in [0.15, 0.2) is 0 Å². The van der Waals surface area contributed by atoms with E-state index < -0.39 is 12.1 Å². The third-order valence-corrected chi connectivity index (χ3v) is 4.87. The molecule has 0 fully saturated rings. The zero-order valence-corrected chi connectivity index (χ0v) is 17.7. The highest BCUT2D eigenvalue weighted by molar-refractivity contribution is 5.73. The Kier molecular flexibility index (Phi) is 10.3. The number of hydrogen-bond acceptors (Lipinski definition) is 3. The van der Waals surface area contributed by atoms with Gasteiger partial charge in [0.05, 0.1) is 13.0 Å². The molecule has 1 unspecified atom stereocenters. The van der Waals surface area contributed by atoms with E-state index in [1.54, 1.807) is 19.1 Å². The second kappa shape index (κ2) is 13.0. The molecule has 0 N–H and O–H groups in total. The van der Waals surface area contributed by atoms with Crippen LogP contribution in [0.4, 0.5) is 4.39 Å². The summed E-state index contributed by atoms with van der Waals surface area (Å²) in [5.41, 5.74) is 2.08. The van der Waals surface area contributed by atoms with Crippen molar-refractivity contribution in [3.05, 3.63) is 48.5 Å². The number of ether oxygens (including phenoxy) is 2. The highest BCUT2D eigenvalue weighted by Crippen LogP contribution is 2.25. The number of esters is 1. The quantitative estimate of drug-likeness (QED) is 0.204. The Morgan fingerprint density at radius 2 is 1.38 bits per heavy atom. The summed E-state index contributed by atoms with van der Waals surface area (Å²) in [6, 6.07) is 15.2. The van der Waals surface area contributed by atoms with Gasteiger partial charge in [-0.2, -0.15) is 0 Å². The van der Waals surface area contributed by atoms with Crippen LogP contribution >= 0.6 is 0 Å². The van der Waals surface area contributed by atoms with E-state index in [2.05, 4.69) is 6.92 Å². The molecule has 1 atom stereocenters. The Labute approximate surface area is 174 Å². The minimum absolute atomic E-state index is 0.210. The van der Waals surface area contributed by atoms with Gasteiger partial charge >= 0.3 is 5.97 Å². The maximum Gasteiger partial charge on any atom is 0.314 e. The third kappa shape index (κ3) is 8.68. The van der Waals surface area contributed by atoms with Crippen LogP contribution in [0.1, 0.15) is 65.2 Å². The van der Waals surface area contributed by atoms with Crippen LogP contribution in [0.3, 0.4) is 0 Å². The topological polar surface area (TPSA) is 35.5 Å². The summed E-state index contributed by atoms with van der Waals surface area (Å²) in [4.78, 5) is 11.7. The Bertz CT molecular complexity index is 710. The summed E-state index contributed by atoms with van der Waals surface area (Å²) in [6.07, 6.45) is 6.46. The predicted molar refractivity (Wildman–Crippen MR) is 116 cm³/mol. The highest BCUT2D eigenvalue weighted by atomic mass is 19.1. The van der Waals surface area contributed by atoms with Crippen LogP contribution in [-0.4, -0.2) is 18.7 Å². The van der Waals surface area contributed by atoms with E-state index in [0.717, 1.165) is 29.9 Å². The molecule has 0 aliphatic heterocycles. The molecule has 2 rings (SSSR count). The Morgan fingerprint density at radius 1 is 0.828 bits per heavy atom. The molecule has 0 aromatic heterocycles. The molecule has 0 saturated heterocycles. The van der Waals surface area contributed by atoms with Crippen molar-refractivity contribution in [2.75, 3.05) is 6.61 Å². The maximum absolute atomic E-state index is 13.3. The van der Waals surface area contributed by atoms with Crippen LogP contribution in [0.5, 0.6) is 11.5 Å². The van der Waals surface area contributed by atoms with Gasteiger partial charge in [-0.1, -0.05) is 70.2 Å². The Hall–Kier alpha value is -2.36. The monoisotopic (exact) mass is 400 g/mol. The zero-order valence-electron chi connectivity index (χ0n) is 17.7. The van der Waals surface area contributed by atoms with Crippen molar-refractivity contribution in [2.45, 2.75) is 71.4 Å². The number of carbonyl (C=O) groups excluding carboxylic acids is 1. The van der Waals surface area contributed by atoms with E-state index in [1.807, 2.05) is 36.4 Å². The number of carbonyl (C=O) groups is 1. The first-order valence-corrected chi connectivity index (χ1v) is 10.8. The lowest BCUT2D eigenvalue weighted by molar-refractivity contribution is -0.135. The molecule has 0 saturated carbocycles. The molecule has 4 heteroatoms. The number of rotatable bonds is 13. The van der Waals surface area contributed by atoms with Crippen LogP contribution < -0.4 is 9.47 Å². The first kappa shape index (κ1) is 22.9. The van der Waals surface area contributed by atoms with Gasteiger partial charge in [-0.3, -0.25) is 4.79 Å². The van der Waals surface area contributed by atoms with Crippen molar-refractivity contribution < 1.29 is 18.7 Å². The van der Waals surface area contributed by atoms with Gasteiger partial charge < -0.3 is 9.47 Å². The summed E-state index contributed by atoms with van der Waals surface area (Å²) in [5.74, 6) is 0.768. The summed E-state index contributed by atoms with van der Waals surface area (Å²) in [6.45, 7) is 4.69. The molecule has 0 bridgehead atoms. The fourth-order valence-electron chi connectivity index (χ4n) is 3.03. The lowest BCUT2D eigenvalue weighted by Gasteiger charge is -2.09. The number of unbranched alkanes of at least 4 members (excludes halogenated alkanes) is 5. The second-order valence-electron chi connectivity index (χ2n) is 7.35. The van der Waals surface area contributed by atoms with E-state index >= 15 is 0 Å². The number of alkyl halides is 1. The average Bonchev–Trinajstić information content (AvgIpc) is 2.74. The largest absolute Gasteiger partial charge is 0.494 e. The van der Waals surface area contributed by atoms with Gasteiger partial charge in [0.1, 0.15) is 17.7 Å². The van der Waals surface area contributed by atoms with E-state index in [9.17, 15) is 9.18 Å². The minimum Gasteiger partial charge on any atom is -0.494 e. The molecule has 29 heavy (non-hydrogen) atoms. The molecular weight excluding hydrogens is 367 g/mol. The third-order valence-electron chi connectivity index (χ3n) is 4.87.